The smallest absolute Gasteiger partial charge is 0.0775 e. The molecule has 4 heteroatoms. The molecule has 0 aromatic heterocycles. The zero-order valence-corrected chi connectivity index (χ0v) is 13.6. The molecule has 0 bridgehead atoms. The van der Waals surface area contributed by atoms with Crippen molar-refractivity contribution in [3.63, 3.8) is 0 Å². The topological polar surface area (TPSA) is 49.3 Å². The van der Waals surface area contributed by atoms with Crippen LogP contribution in [0.5, 0.6) is 0 Å². The molecule has 0 amide bonds. The van der Waals surface area contributed by atoms with E-state index < -0.39 is 10.8 Å². The van der Waals surface area contributed by atoms with Crippen molar-refractivity contribution in [2.45, 2.75) is 36.4 Å². The van der Waals surface area contributed by atoms with E-state index in [0.717, 1.165) is 10.5 Å². The predicted octanol–water partition coefficient (Wildman–Crippen LogP) is 2.73. The number of rotatable bonds is 4. The van der Waals surface area contributed by atoms with Crippen molar-refractivity contribution in [2.75, 3.05) is 6.26 Å². The van der Waals surface area contributed by atoms with Crippen molar-refractivity contribution >= 4 is 10.8 Å². The summed E-state index contributed by atoms with van der Waals surface area (Å²) in [5, 5.41) is 13.8. The third-order valence-electron chi connectivity index (χ3n) is 4.35. The minimum absolute atomic E-state index is 0.0359. The Kier molecular flexibility index (Phi) is 4.43. The molecule has 3 rings (SSSR count). The SMILES string of the molecule is CC(NC1c2ccccc2CC1O)c1ccc(S(C)=O)cc1. The highest BCUT2D eigenvalue weighted by atomic mass is 32.2. The van der Waals surface area contributed by atoms with Crippen molar-refractivity contribution in [3.8, 4) is 0 Å². The van der Waals surface area contributed by atoms with Crippen LogP contribution in [0.2, 0.25) is 0 Å². The van der Waals surface area contributed by atoms with Crippen molar-refractivity contribution in [1.82, 2.24) is 5.32 Å². The lowest BCUT2D eigenvalue weighted by molar-refractivity contribution is 0.136. The van der Waals surface area contributed by atoms with Gasteiger partial charge < -0.3 is 10.4 Å². The van der Waals surface area contributed by atoms with Gasteiger partial charge in [0.2, 0.25) is 0 Å². The fraction of sp³-hybridized carbons (Fsp3) is 0.333. The van der Waals surface area contributed by atoms with Gasteiger partial charge in [-0.25, -0.2) is 0 Å². The van der Waals surface area contributed by atoms with Gasteiger partial charge in [0.1, 0.15) is 0 Å². The van der Waals surface area contributed by atoms with E-state index in [-0.39, 0.29) is 18.2 Å². The number of fused-ring (bicyclic) bond motifs is 1. The second-order valence-electron chi connectivity index (χ2n) is 5.86. The number of hydrogen-bond donors (Lipinski definition) is 2. The maximum absolute atomic E-state index is 11.4. The fourth-order valence-electron chi connectivity index (χ4n) is 3.09. The van der Waals surface area contributed by atoms with Crippen LogP contribution in [0.15, 0.2) is 53.4 Å². The highest BCUT2D eigenvalue weighted by molar-refractivity contribution is 7.84. The first kappa shape index (κ1) is 15.4. The predicted molar refractivity (Wildman–Crippen MR) is 89.2 cm³/mol. The Morgan fingerprint density at radius 2 is 1.86 bits per heavy atom. The van der Waals surface area contributed by atoms with Crippen LogP contribution in [0, 0.1) is 0 Å². The van der Waals surface area contributed by atoms with Gasteiger partial charge in [-0.3, -0.25) is 4.21 Å². The Morgan fingerprint density at radius 1 is 1.18 bits per heavy atom. The Labute approximate surface area is 133 Å². The Balaban J connectivity index is 1.77. The molecule has 0 fully saturated rings. The third kappa shape index (κ3) is 3.00. The molecule has 2 N–H and O–H groups in total. The lowest BCUT2D eigenvalue weighted by atomic mass is 10.0. The van der Waals surface area contributed by atoms with E-state index in [4.69, 9.17) is 0 Å². The van der Waals surface area contributed by atoms with Gasteiger partial charge >= 0.3 is 0 Å². The van der Waals surface area contributed by atoms with Crippen molar-refractivity contribution in [3.05, 3.63) is 65.2 Å². The number of nitrogens with one attached hydrogen (secondary N) is 1. The van der Waals surface area contributed by atoms with E-state index in [1.807, 2.05) is 36.4 Å². The van der Waals surface area contributed by atoms with E-state index in [0.29, 0.717) is 6.42 Å². The molecule has 0 heterocycles. The second-order valence-corrected chi connectivity index (χ2v) is 7.24. The quantitative estimate of drug-likeness (QED) is 0.912. The number of benzene rings is 2. The molecule has 0 saturated carbocycles. The van der Waals surface area contributed by atoms with Gasteiger partial charge in [0, 0.05) is 34.4 Å². The Morgan fingerprint density at radius 3 is 2.55 bits per heavy atom. The number of aliphatic hydroxyl groups excluding tert-OH is 1. The second kappa shape index (κ2) is 6.32. The van der Waals surface area contributed by atoms with Gasteiger partial charge in [0.05, 0.1) is 12.1 Å². The summed E-state index contributed by atoms with van der Waals surface area (Å²) in [4.78, 5) is 0.835. The summed E-state index contributed by atoms with van der Waals surface area (Å²) in [6.07, 6.45) is 2.00. The van der Waals surface area contributed by atoms with Crippen molar-refractivity contribution in [1.29, 1.82) is 0 Å². The molecular formula is C18H21NO2S. The minimum Gasteiger partial charge on any atom is -0.391 e. The highest BCUT2D eigenvalue weighted by Gasteiger charge is 2.31. The minimum atomic E-state index is -0.950. The van der Waals surface area contributed by atoms with Gasteiger partial charge in [0.15, 0.2) is 0 Å². The molecule has 2 aromatic carbocycles. The monoisotopic (exact) mass is 315 g/mol. The summed E-state index contributed by atoms with van der Waals surface area (Å²) >= 11 is 0. The van der Waals surface area contributed by atoms with Gasteiger partial charge in [-0.1, -0.05) is 36.4 Å². The largest absolute Gasteiger partial charge is 0.391 e. The summed E-state index contributed by atoms with van der Waals surface area (Å²) in [5.74, 6) is 0. The van der Waals surface area contributed by atoms with Crippen LogP contribution >= 0.6 is 0 Å². The fourth-order valence-corrected chi connectivity index (χ4v) is 3.61. The Hall–Kier alpha value is -1.49. The zero-order chi connectivity index (χ0) is 15.7. The van der Waals surface area contributed by atoms with Crippen LogP contribution in [0.1, 0.15) is 35.7 Å². The molecule has 1 aliphatic rings. The maximum atomic E-state index is 11.4. The first-order chi connectivity index (χ1) is 10.6. The van der Waals surface area contributed by atoms with Crippen LogP contribution in [0.3, 0.4) is 0 Å². The molecule has 0 radical (unpaired) electrons. The highest BCUT2D eigenvalue weighted by Crippen LogP contribution is 2.33. The van der Waals surface area contributed by atoms with Crippen LogP contribution in [0.4, 0.5) is 0 Å². The van der Waals surface area contributed by atoms with E-state index in [1.54, 1.807) is 6.26 Å². The van der Waals surface area contributed by atoms with Crippen molar-refractivity contribution < 1.29 is 9.32 Å². The first-order valence-corrected chi connectivity index (χ1v) is 9.07. The van der Waals surface area contributed by atoms with E-state index in [2.05, 4.69) is 24.4 Å². The zero-order valence-electron chi connectivity index (χ0n) is 12.8. The molecule has 2 aromatic rings. The van der Waals surface area contributed by atoms with Gasteiger partial charge in [-0.2, -0.15) is 0 Å². The van der Waals surface area contributed by atoms with Gasteiger partial charge in [-0.05, 0) is 35.7 Å². The molecule has 22 heavy (non-hydrogen) atoms. The molecule has 0 aliphatic heterocycles. The first-order valence-electron chi connectivity index (χ1n) is 7.51. The van der Waals surface area contributed by atoms with Crippen LogP contribution < -0.4 is 5.32 Å². The van der Waals surface area contributed by atoms with Gasteiger partial charge in [0.25, 0.3) is 0 Å². The average molecular weight is 315 g/mol. The van der Waals surface area contributed by atoms with Crippen molar-refractivity contribution in [2.24, 2.45) is 0 Å². The van der Waals surface area contributed by atoms with E-state index >= 15 is 0 Å². The summed E-state index contributed by atoms with van der Waals surface area (Å²) in [6.45, 7) is 2.09. The molecule has 4 unspecified atom stereocenters. The van der Waals surface area contributed by atoms with Crippen LogP contribution in [-0.4, -0.2) is 21.7 Å². The van der Waals surface area contributed by atoms with Crippen LogP contribution in [-0.2, 0) is 17.2 Å². The maximum Gasteiger partial charge on any atom is 0.0775 e. The lowest BCUT2D eigenvalue weighted by Crippen LogP contribution is -2.30. The number of hydrogen-bond acceptors (Lipinski definition) is 3. The van der Waals surface area contributed by atoms with Gasteiger partial charge in [-0.15, -0.1) is 0 Å². The molecule has 116 valence electrons. The summed E-state index contributed by atoms with van der Waals surface area (Å²) in [5.41, 5.74) is 3.54. The normalized spacial score (nSPS) is 23.0. The molecule has 0 saturated heterocycles. The molecule has 4 atom stereocenters. The number of aliphatic hydroxyl groups is 1. The Bertz CT molecular complexity index is 684. The molecule has 1 aliphatic carbocycles. The molecule has 0 spiro atoms. The lowest BCUT2D eigenvalue weighted by Gasteiger charge is -2.23. The molecule has 3 nitrogen and oxygen atoms in total. The van der Waals surface area contributed by atoms with E-state index in [1.165, 1.54) is 11.1 Å². The standard InChI is InChI=1S/C18H21NO2S/c1-12(13-7-9-15(10-8-13)22(2)21)19-18-16-6-4-3-5-14(16)11-17(18)20/h3-10,12,17-20H,11H2,1-2H3. The summed E-state index contributed by atoms with van der Waals surface area (Å²) in [6, 6.07) is 16.1. The van der Waals surface area contributed by atoms with E-state index in [9.17, 15) is 9.32 Å². The average Bonchev–Trinajstić information content (AvgIpc) is 2.83. The molecular weight excluding hydrogens is 294 g/mol. The van der Waals surface area contributed by atoms with Crippen LogP contribution in [0.25, 0.3) is 0 Å². The summed E-state index contributed by atoms with van der Waals surface area (Å²) in [7, 11) is -0.950. The summed E-state index contributed by atoms with van der Waals surface area (Å²) < 4.78 is 11.4. The third-order valence-corrected chi connectivity index (χ3v) is 5.28.